The third-order valence-electron chi connectivity index (χ3n) is 4.44. The Balaban J connectivity index is 1.66. The molecule has 1 unspecified atom stereocenters. The number of rotatable bonds is 3. The van der Waals surface area contributed by atoms with E-state index in [0.29, 0.717) is 22.3 Å². The van der Waals surface area contributed by atoms with Crippen LogP contribution in [-0.2, 0) is 31.1 Å². The molecule has 8 heteroatoms. The topological polar surface area (TPSA) is 85.6 Å². The van der Waals surface area contributed by atoms with Crippen LogP contribution in [-0.4, -0.2) is 31.1 Å². The third kappa shape index (κ3) is 3.57. The summed E-state index contributed by atoms with van der Waals surface area (Å²) in [6, 6.07) is 0. The minimum Gasteiger partial charge on any atom is -0.302 e. The van der Waals surface area contributed by atoms with Gasteiger partial charge in [0.2, 0.25) is 5.91 Å². The van der Waals surface area contributed by atoms with Gasteiger partial charge in [0, 0.05) is 11.9 Å². The van der Waals surface area contributed by atoms with Crippen LogP contribution in [0.2, 0.25) is 0 Å². The smallest absolute Gasteiger partial charge is 0.233 e. The quantitative estimate of drug-likeness (QED) is 0.928. The number of carbonyl (C=O) groups excluding carboxylic acids is 1. The summed E-state index contributed by atoms with van der Waals surface area (Å²) in [5.41, 5.74) is 1.45. The van der Waals surface area contributed by atoms with E-state index in [4.69, 9.17) is 0 Å². The molecule has 1 aliphatic rings. The van der Waals surface area contributed by atoms with Gasteiger partial charge in [-0.25, -0.2) is 9.67 Å². The fraction of sp³-hybridized carbons (Fsp3) is 0.667. The number of tetrazole rings is 1. The number of nitrogens with zero attached hydrogens (tertiary/aromatic N) is 5. The summed E-state index contributed by atoms with van der Waals surface area (Å²) in [4.78, 5) is 18.0. The van der Waals surface area contributed by atoms with Crippen LogP contribution in [0.25, 0.3) is 0 Å². The number of aryl methyl sites for hydroxylation is 2. The Morgan fingerprint density at radius 3 is 2.87 bits per heavy atom. The molecule has 1 N–H and O–H groups in total. The van der Waals surface area contributed by atoms with Crippen molar-refractivity contribution in [1.82, 2.24) is 25.2 Å². The lowest BCUT2D eigenvalue weighted by Gasteiger charge is -2.33. The number of aromatic nitrogens is 5. The highest BCUT2D eigenvalue weighted by atomic mass is 32.1. The van der Waals surface area contributed by atoms with E-state index >= 15 is 0 Å². The van der Waals surface area contributed by atoms with Gasteiger partial charge >= 0.3 is 0 Å². The highest BCUT2D eigenvalue weighted by Crippen LogP contribution is 2.40. The SMILES string of the molecule is Cn1nnnc1CC(=O)Nc1nc2c(s1)CC(C(C)(C)C)CC2. The van der Waals surface area contributed by atoms with E-state index in [1.54, 1.807) is 18.4 Å². The van der Waals surface area contributed by atoms with E-state index in [-0.39, 0.29) is 12.3 Å². The van der Waals surface area contributed by atoms with Crippen LogP contribution in [0.1, 0.15) is 43.6 Å². The van der Waals surface area contributed by atoms with Gasteiger partial charge in [0.1, 0.15) is 0 Å². The molecule has 0 radical (unpaired) electrons. The van der Waals surface area contributed by atoms with Gasteiger partial charge < -0.3 is 5.32 Å². The predicted molar refractivity (Wildman–Crippen MR) is 88.2 cm³/mol. The van der Waals surface area contributed by atoms with Crippen molar-refractivity contribution in [2.75, 3.05) is 5.32 Å². The van der Waals surface area contributed by atoms with Crippen molar-refractivity contribution < 1.29 is 4.79 Å². The monoisotopic (exact) mass is 334 g/mol. The Labute approximate surface area is 139 Å². The van der Waals surface area contributed by atoms with E-state index in [9.17, 15) is 4.79 Å². The number of hydrogen-bond acceptors (Lipinski definition) is 6. The van der Waals surface area contributed by atoms with Crippen molar-refractivity contribution in [1.29, 1.82) is 0 Å². The zero-order valence-corrected chi connectivity index (χ0v) is 14.8. The first-order chi connectivity index (χ1) is 10.8. The molecule has 2 aromatic rings. The van der Waals surface area contributed by atoms with Gasteiger partial charge in [-0.1, -0.05) is 20.8 Å². The minimum atomic E-state index is -0.138. The van der Waals surface area contributed by atoms with Crippen LogP contribution in [0.3, 0.4) is 0 Å². The number of hydrogen-bond donors (Lipinski definition) is 1. The fourth-order valence-electron chi connectivity index (χ4n) is 2.87. The maximum absolute atomic E-state index is 12.1. The Hall–Kier alpha value is -1.83. The summed E-state index contributed by atoms with van der Waals surface area (Å²) in [5.74, 6) is 1.07. The molecule has 23 heavy (non-hydrogen) atoms. The zero-order valence-electron chi connectivity index (χ0n) is 14.0. The van der Waals surface area contributed by atoms with Gasteiger partial charge in [-0.15, -0.1) is 16.4 Å². The number of thiazole rings is 1. The molecule has 7 nitrogen and oxygen atoms in total. The Morgan fingerprint density at radius 2 is 2.22 bits per heavy atom. The van der Waals surface area contributed by atoms with Crippen molar-refractivity contribution in [3.8, 4) is 0 Å². The molecule has 0 fully saturated rings. The van der Waals surface area contributed by atoms with Crippen LogP contribution in [0.15, 0.2) is 0 Å². The molecule has 124 valence electrons. The number of fused-ring (bicyclic) bond motifs is 1. The van der Waals surface area contributed by atoms with Crippen LogP contribution >= 0.6 is 11.3 Å². The maximum atomic E-state index is 12.1. The molecular weight excluding hydrogens is 312 g/mol. The van der Waals surface area contributed by atoms with E-state index < -0.39 is 0 Å². The Kier molecular flexibility index (Phi) is 4.18. The first kappa shape index (κ1) is 16.0. The number of carbonyl (C=O) groups is 1. The number of amides is 1. The van der Waals surface area contributed by atoms with E-state index in [2.05, 4.69) is 46.6 Å². The van der Waals surface area contributed by atoms with Gasteiger partial charge in [-0.2, -0.15) is 0 Å². The standard InChI is InChI=1S/C15H22N6OS/c1-15(2,3)9-5-6-10-11(7-9)23-14(16-10)17-13(22)8-12-18-19-20-21(12)4/h9H,5-8H2,1-4H3,(H,16,17,22). The van der Waals surface area contributed by atoms with E-state index in [1.165, 1.54) is 9.56 Å². The van der Waals surface area contributed by atoms with Crippen LogP contribution in [0.5, 0.6) is 0 Å². The summed E-state index contributed by atoms with van der Waals surface area (Å²) in [7, 11) is 1.72. The summed E-state index contributed by atoms with van der Waals surface area (Å²) in [6.07, 6.45) is 3.37. The average molecular weight is 334 g/mol. The third-order valence-corrected chi connectivity index (χ3v) is 5.47. The lowest BCUT2D eigenvalue weighted by atomic mass is 9.73. The summed E-state index contributed by atoms with van der Waals surface area (Å²) in [5, 5.41) is 14.6. The van der Waals surface area contributed by atoms with Crippen LogP contribution in [0, 0.1) is 11.3 Å². The highest BCUT2D eigenvalue weighted by molar-refractivity contribution is 7.15. The predicted octanol–water partition coefficient (Wildman–Crippen LogP) is 2.00. The van der Waals surface area contributed by atoms with E-state index in [0.717, 1.165) is 25.0 Å². The van der Waals surface area contributed by atoms with Gasteiger partial charge in [0.15, 0.2) is 11.0 Å². The fourth-order valence-corrected chi connectivity index (χ4v) is 3.98. The second-order valence-corrected chi connectivity index (χ2v) is 8.22. The minimum absolute atomic E-state index is 0.138. The molecule has 1 amide bonds. The molecule has 0 aliphatic heterocycles. The van der Waals surface area contributed by atoms with Crippen molar-refractivity contribution >= 4 is 22.4 Å². The molecule has 2 aromatic heterocycles. The number of anilines is 1. The van der Waals surface area contributed by atoms with Crippen LogP contribution < -0.4 is 5.32 Å². The van der Waals surface area contributed by atoms with Crippen molar-refractivity contribution in [2.24, 2.45) is 18.4 Å². The summed E-state index contributed by atoms with van der Waals surface area (Å²) < 4.78 is 1.50. The second kappa shape index (κ2) is 5.99. The molecule has 1 aliphatic carbocycles. The maximum Gasteiger partial charge on any atom is 0.233 e. The van der Waals surface area contributed by atoms with Crippen molar-refractivity contribution in [3.05, 3.63) is 16.4 Å². The van der Waals surface area contributed by atoms with Crippen molar-refractivity contribution in [3.63, 3.8) is 0 Å². The highest BCUT2D eigenvalue weighted by Gasteiger charge is 2.30. The van der Waals surface area contributed by atoms with Gasteiger partial charge in [0.05, 0.1) is 12.1 Å². The van der Waals surface area contributed by atoms with Crippen LogP contribution in [0.4, 0.5) is 5.13 Å². The molecule has 0 bridgehead atoms. The lowest BCUT2D eigenvalue weighted by Crippen LogP contribution is -2.26. The molecule has 1 atom stereocenters. The Bertz CT molecular complexity index is 714. The molecule has 0 spiro atoms. The van der Waals surface area contributed by atoms with Gasteiger partial charge in [0.25, 0.3) is 0 Å². The zero-order chi connectivity index (χ0) is 16.6. The van der Waals surface area contributed by atoms with E-state index in [1.807, 2.05) is 0 Å². The number of nitrogens with one attached hydrogen (secondary N) is 1. The first-order valence-electron chi connectivity index (χ1n) is 7.82. The molecular formula is C15H22N6OS. The van der Waals surface area contributed by atoms with Gasteiger partial charge in [-0.05, 0) is 41.0 Å². The molecule has 3 rings (SSSR count). The Morgan fingerprint density at radius 1 is 1.43 bits per heavy atom. The largest absolute Gasteiger partial charge is 0.302 e. The molecule has 2 heterocycles. The molecule has 0 aromatic carbocycles. The second-order valence-electron chi connectivity index (χ2n) is 7.14. The first-order valence-corrected chi connectivity index (χ1v) is 8.64. The molecule has 0 saturated heterocycles. The lowest BCUT2D eigenvalue weighted by molar-refractivity contribution is -0.115. The summed E-state index contributed by atoms with van der Waals surface area (Å²) in [6.45, 7) is 6.88. The summed E-state index contributed by atoms with van der Waals surface area (Å²) >= 11 is 1.60. The van der Waals surface area contributed by atoms with Gasteiger partial charge in [-0.3, -0.25) is 4.79 Å². The average Bonchev–Trinajstić information content (AvgIpc) is 3.03. The normalized spacial score (nSPS) is 17.8. The molecule has 0 saturated carbocycles. The van der Waals surface area contributed by atoms with Crippen molar-refractivity contribution in [2.45, 2.75) is 46.5 Å².